The molecule has 0 saturated carbocycles. The summed E-state index contributed by atoms with van der Waals surface area (Å²) in [6, 6.07) is 0. The highest BCUT2D eigenvalue weighted by atomic mass is 15.3. The predicted octanol–water partition coefficient (Wildman–Crippen LogP) is 2.56. The Kier molecular flexibility index (Phi) is 5.00. The maximum atomic E-state index is 4.41. The molecule has 0 fully saturated rings. The lowest BCUT2D eigenvalue weighted by Gasteiger charge is -2.07. The van der Waals surface area contributed by atoms with Crippen molar-refractivity contribution in [1.29, 1.82) is 0 Å². The molecule has 0 radical (unpaired) electrons. The zero-order valence-electron chi connectivity index (χ0n) is 11.3. The lowest BCUT2D eigenvalue weighted by Crippen LogP contribution is -2.16. The molecule has 1 aromatic heterocycles. The third kappa shape index (κ3) is 3.63. The van der Waals surface area contributed by atoms with Gasteiger partial charge in [-0.3, -0.25) is 4.68 Å². The minimum atomic E-state index is 0.809. The fourth-order valence-corrected chi connectivity index (χ4v) is 1.92. The molecule has 1 rings (SSSR count). The first kappa shape index (κ1) is 13.2. The van der Waals surface area contributed by atoms with Crippen LogP contribution in [-0.4, -0.2) is 16.3 Å². The van der Waals surface area contributed by atoms with Gasteiger partial charge in [0.15, 0.2) is 0 Å². The summed E-state index contributed by atoms with van der Waals surface area (Å²) in [5.74, 6) is 0.809. The summed E-state index contributed by atoms with van der Waals surface area (Å²) in [5.41, 5.74) is 3.78. The Morgan fingerprint density at radius 3 is 2.50 bits per heavy atom. The largest absolute Gasteiger partial charge is 0.313 e. The number of rotatable bonds is 6. The highest BCUT2D eigenvalue weighted by Gasteiger charge is 2.07. The Morgan fingerprint density at radius 1 is 1.31 bits per heavy atom. The van der Waals surface area contributed by atoms with Crippen LogP contribution in [0.25, 0.3) is 0 Å². The molecule has 0 aliphatic carbocycles. The van der Waals surface area contributed by atoms with Gasteiger partial charge < -0.3 is 5.32 Å². The quantitative estimate of drug-likeness (QED) is 0.751. The summed E-state index contributed by atoms with van der Waals surface area (Å²) in [5, 5.41) is 7.91. The van der Waals surface area contributed by atoms with Gasteiger partial charge in [-0.25, -0.2) is 0 Å². The van der Waals surface area contributed by atoms with Crippen molar-refractivity contribution in [2.24, 2.45) is 13.0 Å². The van der Waals surface area contributed by atoms with E-state index in [0.717, 1.165) is 24.7 Å². The Hall–Kier alpha value is -0.830. The second kappa shape index (κ2) is 6.04. The van der Waals surface area contributed by atoms with Crippen LogP contribution in [0.2, 0.25) is 0 Å². The Balaban J connectivity index is 2.32. The standard InChI is InChI=1S/C13H25N3/c1-10(2)7-6-8-14-9-13-11(3)15-16(5)12(13)4/h10,14H,6-9H2,1-5H3. The summed E-state index contributed by atoms with van der Waals surface area (Å²) < 4.78 is 1.96. The monoisotopic (exact) mass is 223 g/mol. The summed E-state index contributed by atoms with van der Waals surface area (Å²) in [4.78, 5) is 0. The number of nitrogens with zero attached hydrogens (tertiary/aromatic N) is 2. The Labute approximate surface area is 99.2 Å². The van der Waals surface area contributed by atoms with Crippen molar-refractivity contribution in [3.8, 4) is 0 Å². The van der Waals surface area contributed by atoms with E-state index in [1.54, 1.807) is 0 Å². The van der Waals surface area contributed by atoms with E-state index in [9.17, 15) is 0 Å². The van der Waals surface area contributed by atoms with Crippen molar-refractivity contribution in [1.82, 2.24) is 15.1 Å². The summed E-state index contributed by atoms with van der Waals surface area (Å²) in [7, 11) is 2.00. The summed E-state index contributed by atoms with van der Waals surface area (Å²) in [6.45, 7) is 10.8. The normalized spacial score (nSPS) is 11.4. The molecular formula is C13H25N3. The van der Waals surface area contributed by atoms with Gasteiger partial charge in [-0.15, -0.1) is 0 Å². The van der Waals surface area contributed by atoms with E-state index < -0.39 is 0 Å². The molecule has 1 N–H and O–H groups in total. The minimum Gasteiger partial charge on any atom is -0.313 e. The number of aryl methyl sites for hydroxylation is 2. The van der Waals surface area contributed by atoms with Crippen LogP contribution in [0.3, 0.4) is 0 Å². The lowest BCUT2D eigenvalue weighted by molar-refractivity contribution is 0.527. The molecule has 0 atom stereocenters. The van der Waals surface area contributed by atoms with Crippen molar-refractivity contribution in [3.63, 3.8) is 0 Å². The molecule has 3 heteroatoms. The van der Waals surface area contributed by atoms with Crippen LogP contribution in [0, 0.1) is 19.8 Å². The molecule has 0 spiro atoms. The third-order valence-electron chi connectivity index (χ3n) is 3.10. The van der Waals surface area contributed by atoms with E-state index in [1.807, 2.05) is 11.7 Å². The van der Waals surface area contributed by atoms with E-state index in [-0.39, 0.29) is 0 Å². The Bertz CT molecular complexity index is 326. The van der Waals surface area contributed by atoms with Gasteiger partial charge in [0.1, 0.15) is 0 Å². The summed E-state index contributed by atoms with van der Waals surface area (Å²) in [6.07, 6.45) is 2.56. The first-order valence-electron chi connectivity index (χ1n) is 6.22. The molecule has 1 aromatic rings. The Morgan fingerprint density at radius 2 is 2.00 bits per heavy atom. The van der Waals surface area contributed by atoms with E-state index in [0.29, 0.717) is 0 Å². The number of hydrogen-bond donors (Lipinski definition) is 1. The predicted molar refractivity (Wildman–Crippen MR) is 68.5 cm³/mol. The van der Waals surface area contributed by atoms with Crippen LogP contribution < -0.4 is 5.32 Å². The van der Waals surface area contributed by atoms with Crippen LogP contribution in [0.5, 0.6) is 0 Å². The molecule has 92 valence electrons. The number of nitrogens with one attached hydrogen (secondary N) is 1. The molecule has 16 heavy (non-hydrogen) atoms. The molecule has 0 saturated heterocycles. The van der Waals surface area contributed by atoms with E-state index in [4.69, 9.17) is 0 Å². The van der Waals surface area contributed by atoms with Gasteiger partial charge in [0, 0.05) is 24.8 Å². The van der Waals surface area contributed by atoms with Crippen LogP contribution in [0.4, 0.5) is 0 Å². The van der Waals surface area contributed by atoms with Gasteiger partial charge in [-0.1, -0.05) is 13.8 Å². The average molecular weight is 223 g/mol. The van der Waals surface area contributed by atoms with E-state index >= 15 is 0 Å². The van der Waals surface area contributed by atoms with Crippen molar-refractivity contribution in [2.45, 2.75) is 47.1 Å². The zero-order chi connectivity index (χ0) is 12.1. The van der Waals surface area contributed by atoms with Gasteiger partial charge in [-0.2, -0.15) is 5.10 Å². The molecule has 0 unspecified atom stereocenters. The zero-order valence-corrected chi connectivity index (χ0v) is 11.3. The maximum absolute atomic E-state index is 4.41. The van der Waals surface area contributed by atoms with Crippen molar-refractivity contribution in [2.75, 3.05) is 6.54 Å². The lowest BCUT2D eigenvalue weighted by atomic mass is 10.1. The second-order valence-corrected chi connectivity index (χ2v) is 4.99. The first-order valence-corrected chi connectivity index (χ1v) is 6.22. The smallest absolute Gasteiger partial charge is 0.0641 e. The molecule has 1 heterocycles. The van der Waals surface area contributed by atoms with Crippen LogP contribution >= 0.6 is 0 Å². The second-order valence-electron chi connectivity index (χ2n) is 4.99. The highest BCUT2D eigenvalue weighted by Crippen LogP contribution is 2.11. The van der Waals surface area contributed by atoms with Crippen LogP contribution in [-0.2, 0) is 13.6 Å². The number of hydrogen-bond acceptors (Lipinski definition) is 2. The maximum Gasteiger partial charge on any atom is 0.0641 e. The van der Waals surface area contributed by atoms with Gasteiger partial charge >= 0.3 is 0 Å². The molecular weight excluding hydrogens is 198 g/mol. The molecule has 0 aliphatic rings. The third-order valence-corrected chi connectivity index (χ3v) is 3.10. The molecule has 0 aromatic carbocycles. The topological polar surface area (TPSA) is 29.9 Å². The van der Waals surface area contributed by atoms with Crippen LogP contribution in [0.15, 0.2) is 0 Å². The first-order chi connectivity index (χ1) is 7.52. The fourth-order valence-electron chi connectivity index (χ4n) is 1.92. The number of aromatic nitrogens is 2. The minimum absolute atomic E-state index is 0.809. The van der Waals surface area contributed by atoms with Gasteiger partial charge in [0.05, 0.1) is 5.69 Å². The average Bonchev–Trinajstić information content (AvgIpc) is 2.43. The van der Waals surface area contributed by atoms with E-state index in [1.165, 1.54) is 24.1 Å². The molecule has 0 bridgehead atoms. The van der Waals surface area contributed by atoms with Crippen molar-refractivity contribution >= 4 is 0 Å². The van der Waals surface area contributed by atoms with Gasteiger partial charge in [-0.05, 0) is 39.2 Å². The molecule has 0 amide bonds. The highest BCUT2D eigenvalue weighted by molar-refractivity contribution is 5.23. The van der Waals surface area contributed by atoms with E-state index in [2.05, 4.69) is 38.1 Å². The summed E-state index contributed by atoms with van der Waals surface area (Å²) >= 11 is 0. The fraction of sp³-hybridized carbons (Fsp3) is 0.769. The molecule has 0 aliphatic heterocycles. The molecule has 3 nitrogen and oxygen atoms in total. The van der Waals surface area contributed by atoms with Crippen molar-refractivity contribution in [3.05, 3.63) is 17.0 Å². The van der Waals surface area contributed by atoms with Gasteiger partial charge in [0.25, 0.3) is 0 Å². The van der Waals surface area contributed by atoms with Crippen molar-refractivity contribution < 1.29 is 0 Å². The SMILES string of the molecule is Cc1nn(C)c(C)c1CNCCCC(C)C. The van der Waals surface area contributed by atoms with Gasteiger partial charge in [0.2, 0.25) is 0 Å². The van der Waals surface area contributed by atoms with Crippen LogP contribution in [0.1, 0.15) is 43.6 Å².